The maximum absolute atomic E-state index is 14.0. The van der Waals surface area contributed by atoms with E-state index >= 15 is 0 Å². The maximum Gasteiger partial charge on any atom is 0.407 e. The molecule has 1 aliphatic heterocycles. The van der Waals surface area contributed by atoms with Gasteiger partial charge in [-0.3, -0.25) is 23.8 Å². The largest absolute Gasteiger partial charge is 0.447 e. The number of nitrogens with zero attached hydrogens (tertiary/aromatic N) is 2. The van der Waals surface area contributed by atoms with E-state index in [1.54, 1.807) is 36.4 Å². The Labute approximate surface area is 477 Å². The standard InChI is InChI=1S/C53H71F4N5O20S/c1-2-12-62(52(65)40-35-38-8-9-39(36-42(38)61-43(58)37-40)51(64)60-41-6-4-3-5-7-41)81-14-11-59-53(66)80-34-33-79-32-31-78-30-29-77-28-27-76-26-25-75-24-23-74-22-21-73-20-19-72-18-17-71-16-15-70-13-10-44(63)82-49-45(54)47(56)50(83(67,68)69)48(57)46(49)55/h3-9,35-36H,2,10-34,37H2,1H3,(H2,58,61)(H,59,66)(H,60,64)(H,67,68,69). The van der Waals surface area contributed by atoms with E-state index in [-0.39, 0.29) is 90.7 Å². The highest BCUT2D eigenvalue weighted by Gasteiger charge is 2.34. The Kier molecular flexibility index (Phi) is 33.4. The molecule has 4 rings (SSSR count). The van der Waals surface area contributed by atoms with E-state index in [1.165, 1.54) is 5.06 Å². The lowest BCUT2D eigenvalue weighted by molar-refractivity contribution is -0.181. The van der Waals surface area contributed by atoms with Gasteiger partial charge in [-0.1, -0.05) is 31.2 Å². The van der Waals surface area contributed by atoms with Gasteiger partial charge in [0, 0.05) is 41.9 Å². The van der Waals surface area contributed by atoms with E-state index in [0.717, 1.165) is 0 Å². The van der Waals surface area contributed by atoms with Gasteiger partial charge < -0.3 is 73.2 Å². The molecule has 0 saturated heterocycles. The van der Waals surface area contributed by atoms with Crippen molar-refractivity contribution in [2.75, 3.05) is 164 Å². The summed E-state index contributed by atoms with van der Waals surface area (Å²) >= 11 is 0. The minimum Gasteiger partial charge on any atom is -0.447 e. The highest BCUT2D eigenvalue weighted by atomic mass is 32.2. The number of hydrogen-bond donors (Lipinski definition) is 4. The fourth-order valence-corrected chi connectivity index (χ4v) is 7.48. The number of esters is 1. The summed E-state index contributed by atoms with van der Waals surface area (Å²) in [6, 6.07) is 14.0. The third-order valence-corrected chi connectivity index (χ3v) is 11.6. The molecule has 0 aromatic heterocycles. The molecular formula is C53H71F4N5O20S. The zero-order chi connectivity index (χ0) is 60.1. The monoisotopic (exact) mass is 1210 g/mol. The van der Waals surface area contributed by atoms with Crippen LogP contribution >= 0.6 is 0 Å². The Hall–Kier alpha value is -6.26. The molecule has 0 radical (unpaired) electrons. The zero-order valence-corrected chi connectivity index (χ0v) is 46.7. The number of amides is 3. The molecule has 0 atom stereocenters. The highest BCUT2D eigenvalue weighted by molar-refractivity contribution is 7.85. The van der Waals surface area contributed by atoms with Gasteiger partial charge in [0.05, 0.1) is 151 Å². The Balaban J connectivity index is 0.850. The predicted molar refractivity (Wildman–Crippen MR) is 287 cm³/mol. The minimum absolute atomic E-state index is 0.00467. The molecular weight excluding hydrogens is 1130 g/mol. The number of fused-ring (bicyclic) bond motifs is 1. The topological polar surface area (TPSA) is 308 Å². The summed E-state index contributed by atoms with van der Waals surface area (Å²) in [5.74, 6) is -13.2. The number of para-hydroxylation sites is 1. The average Bonchev–Trinajstić information content (AvgIpc) is 3.84. The third-order valence-electron chi connectivity index (χ3n) is 10.8. The molecule has 1 aliphatic rings. The summed E-state index contributed by atoms with van der Waals surface area (Å²) in [6.07, 6.45) is 1.10. The Bertz CT molecular complexity index is 2610. The number of aliphatic imine (C=N–C) groups is 1. The second-order valence-corrected chi connectivity index (χ2v) is 18.4. The van der Waals surface area contributed by atoms with Gasteiger partial charge in [-0.05, 0) is 36.8 Å². The van der Waals surface area contributed by atoms with Crippen LogP contribution in [0.3, 0.4) is 0 Å². The van der Waals surface area contributed by atoms with Crippen molar-refractivity contribution in [3.05, 3.63) is 88.5 Å². The van der Waals surface area contributed by atoms with Crippen LogP contribution in [0.25, 0.3) is 6.08 Å². The number of hydrogen-bond acceptors (Lipinski definition) is 21. The smallest absolute Gasteiger partial charge is 0.407 e. The van der Waals surface area contributed by atoms with E-state index in [1.807, 2.05) is 25.1 Å². The number of alkyl carbamates (subject to hydrolysis) is 1. The van der Waals surface area contributed by atoms with E-state index in [4.69, 9.17) is 67.2 Å². The zero-order valence-electron chi connectivity index (χ0n) is 45.9. The summed E-state index contributed by atoms with van der Waals surface area (Å²) in [5.41, 5.74) is 8.66. The number of anilines is 1. The van der Waals surface area contributed by atoms with Crippen molar-refractivity contribution >= 4 is 57.3 Å². The summed E-state index contributed by atoms with van der Waals surface area (Å²) in [4.78, 5) is 58.4. The number of ether oxygens (including phenoxy) is 12. The van der Waals surface area contributed by atoms with Crippen molar-refractivity contribution in [2.24, 2.45) is 10.7 Å². The molecule has 3 aromatic rings. The van der Waals surface area contributed by atoms with Crippen molar-refractivity contribution in [2.45, 2.75) is 31.1 Å². The molecule has 0 bridgehead atoms. The van der Waals surface area contributed by atoms with Crippen LogP contribution in [0.15, 0.2) is 64.0 Å². The molecule has 3 aromatic carbocycles. The van der Waals surface area contributed by atoms with Crippen LogP contribution in [0.1, 0.15) is 42.1 Å². The number of nitrogens with two attached hydrogens (primary N) is 1. The first-order valence-corrected chi connectivity index (χ1v) is 27.8. The van der Waals surface area contributed by atoms with Crippen molar-refractivity contribution in [3.63, 3.8) is 0 Å². The molecule has 462 valence electrons. The first-order chi connectivity index (χ1) is 40.1. The third kappa shape index (κ3) is 27.3. The van der Waals surface area contributed by atoms with Crippen LogP contribution in [0.5, 0.6) is 5.75 Å². The molecule has 3 amide bonds. The second-order valence-electron chi connectivity index (χ2n) is 17.1. The number of benzene rings is 3. The molecule has 30 heteroatoms. The first kappa shape index (κ1) is 69.2. The number of carbonyl (C=O) groups excluding carboxylic acids is 4. The van der Waals surface area contributed by atoms with Crippen LogP contribution in [0.4, 0.5) is 33.7 Å². The van der Waals surface area contributed by atoms with Crippen LogP contribution in [-0.2, 0) is 76.7 Å². The summed E-state index contributed by atoms with van der Waals surface area (Å²) in [6.45, 7) is 7.68. The number of carbonyl (C=O) groups is 4. The number of hydroxylamine groups is 2. The second kappa shape index (κ2) is 40.1. The predicted octanol–water partition coefficient (Wildman–Crippen LogP) is 4.58. The van der Waals surface area contributed by atoms with Crippen molar-refractivity contribution in [1.29, 1.82) is 0 Å². The quantitative estimate of drug-likeness (QED) is 0.0115. The van der Waals surface area contributed by atoms with Gasteiger partial charge in [-0.15, -0.1) is 0 Å². The van der Waals surface area contributed by atoms with E-state index in [9.17, 15) is 45.2 Å². The summed E-state index contributed by atoms with van der Waals surface area (Å²) in [7, 11) is -5.65. The van der Waals surface area contributed by atoms with Crippen LogP contribution in [0.2, 0.25) is 0 Å². The number of nitrogens with one attached hydrogen (secondary N) is 2. The molecule has 0 saturated carbocycles. The lowest BCUT2D eigenvalue weighted by atomic mass is 10.0. The van der Waals surface area contributed by atoms with Gasteiger partial charge in [0.15, 0.2) is 16.5 Å². The Morgan fingerprint density at radius 3 is 1.58 bits per heavy atom. The normalized spacial score (nSPS) is 12.3. The Morgan fingerprint density at radius 2 is 1.11 bits per heavy atom. The van der Waals surface area contributed by atoms with Gasteiger partial charge in [-0.2, -0.15) is 17.2 Å². The first-order valence-electron chi connectivity index (χ1n) is 26.3. The van der Waals surface area contributed by atoms with Crippen LogP contribution < -0.4 is 21.1 Å². The van der Waals surface area contributed by atoms with Crippen molar-refractivity contribution < 1.29 is 111 Å². The Morgan fingerprint density at radius 1 is 0.639 bits per heavy atom. The molecule has 83 heavy (non-hydrogen) atoms. The van der Waals surface area contributed by atoms with Crippen LogP contribution in [0, 0.1) is 23.3 Å². The molecule has 1 heterocycles. The summed E-state index contributed by atoms with van der Waals surface area (Å²) in [5, 5.41) is 6.65. The van der Waals surface area contributed by atoms with Gasteiger partial charge in [0.1, 0.15) is 12.4 Å². The fourth-order valence-electron chi connectivity index (χ4n) is 6.84. The lowest BCUT2D eigenvalue weighted by Gasteiger charge is -2.22. The van der Waals surface area contributed by atoms with Crippen LogP contribution in [-0.4, -0.2) is 206 Å². The minimum atomic E-state index is -5.65. The maximum atomic E-state index is 14.0. The average molecular weight is 1210 g/mol. The summed E-state index contributed by atoms with van der Waals surface area (Å²) < 4.78 is 150. The van der Waals surface area contributed by atoms with E-state index in [0.29, 0.717) is 120 Å². The molecule has 0 unspecified atom stereocenters. The van der Waals surface area contributed by atoms with E-state index in [2.05, 4.69) is 20.4 Å². The van der Waals surface area contributed by atoms with Crippen molar-refractivity contribution in [1.82, 2.24) is 10.4 Å². The highest BCUT2D eigenvalue weighted by Crippen LogP contribution is 2.33. The number of halogens is 4. The molecule has 0 aliphatic carbocycles. The fraction of sp³-hybridized carbons (Fsp3) is 0.528. The SMILES string of the molecule is CCCN(OCCNC(=O)OCCOCCOCCOCCOCCOCCOCCOCCOCCOCCOCCC(=O)Oc1c(F)c(F)c(S(=O)(=O)O)c(F)c1F)C(=O)C1=Cc2ccc(C(=O)Nc3ccccc3)cc2N=C(N)C1. The number of amidine groups is 1. The molecule has 0 fully saturated rings. The van der Waals surface area contributed by atoms with Gasteiger partial charge in [0.2, 0.25) is 17.4 Å². The van der Waals surface area contributed by atoms with Gasteiger partial charge in [-0.25, -0.2) is 23.6 Å². The number of rotatable bonds is 44. The molecule has 25 nitrogen and oxygen atoms in total. The molecule has 5 N–H and O–H groups in total. The van der Waals surface area contributed by atoms with Gasteiger partial charge in [0.25, 0.3) is 11.8 Å². The van der Waals surface area contributed by atoms with Crippen molar-refractivity contribution in [3.8, 4) is 5.75 Å². The molecule has 0 spiro atoms. The van der Waals surface area contributed by atoms with Gasteiger partial charge >= 0.3 is 22.2 Å². The lowest BCUT2D eigenvalue weighted by Crippen LogP contribution is -2.37. The van der Waals surface area contributed by atoms with E-state index < -0.39 is 68.4 Å².